The number of benzene rings is 1. The third-order valence-corrected chi connectivity index (χ3v) is 6.60. The lowest BCUT2D eigenvalue weighted by Crippen LogP contribution is -2.56. The minimum absolute atomic E-state index is 0.560. The molecule has 2 aromatic rings. The van der Waals surface area contributed by atoms with Gasteiger partial charge in [-0.1, -0.05) is 30.3 Å². The molecule has 30 heavy (non-hydrogen) atoms. The summed E-state index contributed by atoms with van der Waals surface area (Å²) in [5.41, 5.74) is 1.43. The predicted molar refractivity (Wildman–Crippen MR) is 120 cm³/mol. The maximum Gasteiger partial charge on any atom is 0.194 e. The van der Waals surface area contributed by atoms with Crippen LogP contribution < -0.4 is 5.32 Å². The standard InChI is InChI=1S/C23H35N7/c1-4-24-23(25-15-22-27-26-18(2)28(22)3)30-14-12-21-20(17-30)11-8-13-29(21)16-19-9-6-5-7-10-19/h5-7,9-10,20-21H,4,8,11-17H2,1-3H3,(H,24,25). The summed E-state index contributed by atoms with van der Waals surface area (Å²) in [6, 6.07) is 11.6. The Morgan fingerprint density at radius 1 is 1.17 bits per heavy atom. The van der Waals surface area contributed by atoms with Gasteiger partial charge in [-0.2, -0.15) is 0 Å². The fourth-order valence-electron chi connectivity index (χ4n) is 4.87. The van der Waals surface area contributed by atoms with Crippen LogP contribution in [0.3, 0.4) is 0 Å². The highest BCUT2D eigenvalue weighted by Crippen LogP contribution is 2.31. The third kappa shape index (κ3) is 4.67. The Bertz CT molecular complexity index is 844. The van der Waals surface area contributed by atoms with E-state index in [9.17, 15) is 0 Å². The van der Waals surface area contributed by atoms with Crippen molar-refractivity contribution in [3.63, 3.8) is 0 Å². The molecule has 0 aliphatic carbocycles. The molecule has 0 amide bonds. The smallest absolute Gasteiger partial charge is 0.194 e. The van der Waals surface area contributed by atoms with E-state index < -0.39 is 0 Å². The largest absolute Gasteiger partial charge is 0.357 e. The van der Waals surface area contributed by atoms with Crippen LogP contribution >= 0.6 is 0 Å². The average Bonchev–Trinajstić information content (AvgIpc) is 3.09. The summed E-state index contributed by atoms with van der Waals surface area (Å²) >= 11 is 0. The van der Waals surface area contributed by atoms with Crippen molar-refractivity contribution >= 4 is 5.96 Å². The van der Waals surface area contributed by atoms with E-state index in [4.69, 9.17) is 4.99 Å². The number of aromatic nitrogens is 3. The van der Waals surface area contributed by atoms with E-state index in [1.54, 1.807) is 0 Å². The van der Waals surface area contributed by atoms with E-state index >= 15 is 0 Å². The number of hydrogen-bond acceptors (Lipinski definition) is 4. The molecule has 2 aliphatic heterocycles. The number of rotatable bonds is 5. The van der Waals surface area contributed by atoms with Crippen LogP contribution in [-0.4, -0.2) is 62.7 Å². The first kappa shape index (κ1) is 20.8. The molecule has 4 rings (SSSR count). The number of hydrogen-bond donors (Lipinski definition) is 1. The maximum atomic E-state index is 4.90. The Labute approximate surface area is 180 Å². The van der Waals surface area contributed by atoms with Gasteiger partial charge in [0.15, 0.2) is 11.8 Å². The summed E-state index contributed by atoms with van der Waals surface area (Å²) in [6.07, 6.45) is 3.80. The first-order valence-corrected chi connectivity index (χ1v) is 11.3. The van der Waals surface area contributed by atoms with Crippen molar-refractivity contribution in [3.8, 4) is 0 Å². The van der Waals surface area contributed by atoms with Crippen LogP contribution in [0.2, 0.25) is 0 Å². The SMILES string of the molecule is CCNC(=NCc1nnc(C)n1C)N1CCC2C(CCCN2Cc2ccccc2)C1. The third-order valence-electron chi connectivity index (χ3n) is 6.60. The second kappa shape index (κ2) is 9.60. The lowest BCUT2D eigenvalue weighted by molar-refractivity contribution is 0.0372. The second-order valence-electron chi connectivity index (χ2n) is 8.55. The van der Waals surface area contributed by atoms with Gasteiger partial charge >= 0.3 is 0 Å². The molecule has 2 fully saturated rings. The van der Waals surface area contributed by atoms with Crippen LogP contribution in [0.25, 0.3) is 0 Å². The lowest BCUT2D eigenvalue weighted by Gasteiger charge is -2.48. The van der Waals surface area contributed by atoms with Crippen LogP contribution in [0.4, 0.5) is 0 Å². The topological polar surface area (TPSA) is 61.6 Å². The molecule has 0 spiro atoms. The Morgan fingerprint density at radius 2 is 2.00 bits per heavy atom. The summed E-state index contributed by atoms with van der Waals surface area (Å²) in [6.45, 7) is 9.97. The van der Waals surface area contributed by atoms with Crippen molar-refractivity contribution in [2.24, 2.45) is 18.0 Å². The minimum atomic E-state index is 0.560. The summed E-state index contributed by atoms with van der Waals surface area (Å²) < 4.78 is 2.02. The van der Waals surface area contributed by atoms with Crippen molar-refractivity contribution in [1.82, 2.24) is 29.9 Å². The van der Waals surface area contributed by atoms with Crippen molar-refractivity contribution in [2.75, 3.05) is 26.2 Å². The highest BCUT2D eigenvalue weighted by atomic mass is 15.3. The van der Waals surface area contributed by atoms with Crippen molar-refractivity contribution in [2.45, 2.75) is 52.2 Å². The first-order chi connectivity index (χ1) is 14.7. The molecule has 3 heterocycles. The monoisotopic (exact) mass is 409 g/mol. The fraction of sp³-hybridized carbons (Fsp3) is 0.609. The molecule has 2 saturated heterocycles. The van der Waals surface area contributed by atoms with Gasteiger partial charge in [0.25, 0.3) is 0 Å². The van der Waals surface area contributed by atoms with Crippen LogP contribution in [-0.2, 0) is 20.1 Å². The Hall–Kier alpha value is -2.41. The van der Waals surface area contributed by atoms with Gasteiger partial charge in [0.05, 0.1) is 0 Å². The highest BCUT2D eigenvalue weighted by Gasteiger charge is 2.36. The molecule has 162 valence electrons. The van der Waals surface area contributed by atoms with Crippen LogP contribution in [0.5, 0.6) is 0 Å². The molecular weight excluding hydrogens is 374 g/mol. The quantitative estimate of drug-likeness (QED) is 0.608. The molecule has 1 aromatic carbocycles. The molecule has 2 unspecified atom stereocenters. The second-order valence-corrected chi connectivity index (χ2v) is 8.55. The summed E-state index contributed by atoms with van der Waals surface area (Å²) in [5.74, 6) is 3.55. The lowest BCUT2D eigenvalue weighted by atomic mass is 9.83. The Morgan fingerprint density at radius 3 is 2.73 bits per heavy atom. The molecular formula is C23H35N7. The number of nitrogens with zero attached hydrogens (tertiary/aromatic N) is 6. The molecule has 0 saturated carbocycles. The summed E-state index contributed by atoms with van der Waals surface area (Å²) in [7, 11) is 2.00. The van der Waals surface area contributed by atoms with E-state index in [1.165, 1.54) is 31.4 Å². The van der Waals surface area contributed by atoms with E-state index in [2.05, 4.69) is 62.6 Å². The van der Waals surface area contributed by atoms with Gasteiger partial charge in [0, 0.05) is 39.3 Å². The molecule has 0 radical (unpaired) electrons. The van der Waals surface area contributed by atoms with Crippen molar-refractivity contribution < 1.29 is 0 Å². The summed E-state index contributed by atoms with van der Waals surface area (Å²) in [5, 5.41) is 11.9. The number of guanidine groups is 1. The zero-order chi connectivity index (χ0) is 20.9. The predicted octanol–water partition coefficient (Wildman–Crippen LogP) is 2.58. The Balaban J connectivity index is 1.42. The van der Waals surface area contributed by atoms with E-state index in [1.807, 2.05) is 18.5 Å². The zero-order valence-electron chi connectivity index (χ0n) is 18.6. The van der Waals surface area contributed by atoms with Gasteiger partial charge in [-0.3, -0.25) is 4.90 Å². The number of nitrogens with one attached hydrogen (secondary N) is 1. The number of aliphatic imine (C=N–C) groups is 1. The maximum absolute atomic E-state index is 4.90. The highest BCUT2D eigenvalue weighted by molar-refractivity contribution is 5.80. The van der Waals surface area contributed by atoms with Gasteiger partial charge in [-0.05, 0) is 51.1 Å². The molecule has 0 bridgehead atoms. The van der Waals surface area contributed by atoms with Gasteiger partial charge < -0.3 is 14.8 Å². The molecule has 2 aliphatic rings. The average molecular weight is 410 g/mol. The van der Waals surface area contributed by atoms with Crippen LogP contribution in [0, 0.1) is 12.8 Å². The van der Waals surface area contributed by atoms with E-state index in [-0.39, 0.29) is 0 Å². The van der Waals surface area contributed by atoms with Crippen LogP contribution in [0.15, 0.2) is 35.3 Å². The van der Waals surface area contributed by atoms with Crippen LogP contribution in [0.1, 0.15) is 43.4 Å². The zero-order valence-corrected chi connectivity index (χ0v) is 18.6. The summed E-state index contributed by atoms with van der Waals surface area (Å²) in [4.78, 5) is 10.1. The van der Waals surface area contributed by atoms with Gasteiger partial charge in [0.2, 0.25) is 0 Å². The number of likely N-dealkylation sites (tertiary alicyclic amines) is 2. The number of aryl methyl sites for hydroxylation is 1. The molecule has 7 nitrogen and oxygen atoms in total. The van der Waals surface area contributed by atoms with Crippen molar-refractivity contribution in [3.05, 3.63) is 47.5 Å². The Kier molecular flexibility index (Phi) is 6.67. The molecule has 1 aromatic heterocycles. The van der Waals surface area contributed by atoms with Gasteiger partial charge in [-0.25, -0.2) is 4.99 Å². The minimum Gasteiger partial charge on any atom is -0.357 e. The number of fused-ring (bicyclic) bond motifs is 1. The van der Waals surface area contributed by atoms with Crippen molar-refractivity contribution in [1.29, 1.82) is 0 Å². The first-order valence-electron chi connectivity index (χ1n) is 11.3. The number of piperidine rings is 2. The van der Waals surface area contributed by atoms with Gasteiger partial charge in [0.1, 0.15) is 12.4 Å². The van der Waals surface area contributed by atoms with E-state index in [0.29, 0.717) is 18.5 Å². The normalized spacial score (nSPS) is 22.8. The molecule has 2 atom stereocenters. The molecule has 1 N–H and O–H groups in total. The van der Waals surface area contributed by atoms with Gasteiger partial charge in [-0.15, -0.1) is 10.2 Å². The molecule has 7 heteroatoms. The van der Waals surface area contributed by atoms with E-state index in [0.717, 1.165) is 43.8 Å². The fourth-order valence-corrected chi connectivity index (χ4v) is 4.87.